The van der Waals surface area contributed by atoms with Crippen molar-refractivity contribution in [2.45, 2.75) is 50.2 Å². The van der Waals surface area contributed by atoms with Crippen LogP contribution < -0.4 is 36.2 Å². The molecule has 9 rings (SSSR count). The van der Waals surface area contributed by atoms with Gasteiger partial charge in [-0.1, -0.05) is 18.2 Å². The maximum Gasteiger partial charge on any atom is 0.329 e. The van der Waals surface area contributed by atoms with Crippen molar-refractivity contribution in [2.75, 3.05) is 48.3 Å². The first kappa shape index (κ1) is 34.7. The Balaban J connectivity index is 0.753. The standard InChI is InChI=1S/C40H44N12O3/c1-49-33-21-29(13-16-32(33)38(48-49)51-20-17-34(53)46-40(51)54)50-22-27(23-50)43-19-18-42-26-9-11-28(12-10-26)52-39-35(37(41)44-24-45-39)36(47-52)25-7-14-31(15-8-25)55-30-5-3-2-4-6-30/h2-8,13-16,21,24,26-28,42-43H,9-12,17-20,22-23H2,1H3,(H2,41,44,45)(H,46,53,54). The minimum Gasteiger partial charge on any atom is -0.457 e. The lowest BCUT2D eigenvalue weighted by atomic mass is 9.91. The third-order valence-electron chi connectivity index (χ3n) is 11.0. The number of nitrogens with zero attached hydrogens (tertiary/aromatic N) is 8. The molecular formula is C40H44N12O3. The molecule has 55 heavy (non-hydrogen) atoms. The SMILES string of the molecule is Cn1nc(N2CCC(=O)NC2=O)c2ccc(N3CC(NCCNC4CCC(n5nc(-c6ccc(Oc7ccccc7)cc6)c6c(N)ncnc65)CC4)C3)cc21. The fourth-order valence-electron chi connectivity index (χ4n) is 8.04. The number of amides is 3. The normalized spacial score (nSPS) is 19.2. The summed E-state index contributed by atoms with van der Waals surface area (Å²) in [6.45, 7) is 4.00. The first-order valence-corrected chi connectivity index (χ1v) is 19.0. The maximum atomic E-state index is 12.4. The number of carbonyl (C=O) groups is 2. The highest BCUT2D eigenvalue weighted by Crippen LogP contribution is 2.37. The summed E-state index contributed by atoms with van der Waals surface area (Å²) in [4.78, 5) is 36.9. The third kappa shape index (κ3) is 6.92. The van der Waals surface area contributed by atoms with Crippen molar-refractivity contribution >= 4 is 51.2 Å². The third-order valence-corrected chi connectivity index (χ3v) is 11.0. The molecule has 0 spiro atoms. The number of hydrogen-bond acceptors (Lipinski definition) is 11. The van der Waals surface area contributed by atoms with E-state index in [1.54, 1.807) is 9.58 Å². The van der Waals surface area contributed by atoms with Gasteiger partial charge in [0, 0.05) is 74.9 Å². The molecule has 0 bridgehead atoms. The zero-order valence-electron chi connectivity index (χ0n) is 30.7. The number of hydrogen-bond donors (Lipinski definition) is 4. The molecule has 0 unspecified atom stereocenters. The highest BCUT2D eigenvalue weighted by atomic mass is 16.5. The van der Waals surface area contributed by atoms with Crippen molar-refractivity contribution in [1.29, 1.82) is 0 Å². The van der Waals surface area contributed by atoms with E-state index in [1.165, 1.54) is 6.33 Å². The Bertz CT molecular complexity index is 2340. The first-order valence-electron chi connectivity index (χ1n) is 19.0. The highest BCUT2D eigenvalue weighted by Gasteiger charge is 2.31. The summed E-state index contributed by atoms with van der Waals surface area (Å²) >= 11 is 0. The molecule has 282 valence electrons. The smallest absolute Gasteiger partial charge is 0.329 e. The number of fused-ring (bicyclic) bond motifs is 2. The van der Waals surface area contributed by atoms with Crippen LogP contribution in [0.4, 0.5) is 22.1 Å². The summed E-state index contributed by atoms with van der Waals surface area (Å²) in [5.41, 5.74) is 11.0. The van der Waals surface area contributed by atoms with Crippen molar-refractivity contribution in [3.05, 3.63) is 79.1 Å². The van der Waals surface area contributed by atoms with E-state index >= 15 is 0 Å². The molecule has 1 saturated carbocycles. The molecule has 5 heterocycles. The number of urea groups is 1. The van der Waals surface area contributed by atoms with Crippen LogP contribution in [-0.2, 0) is 11.8 Å². The molecule has 2 aliphatic heterocycles. The van der Waals surface area contributed by atoms with Crippen LogP contribution in [0.5, 0.6) is 11.5 Å². The number of nitrogens with two attached hydrogens (primary N) is 1. The quantitative estimate of drug-likeness (QED) is 0.135. The van der Waals surface area contributed by atoms with E-state index < -0.39 is 6.03 Å². The fraction of sp³-hybridized carbons (Fsp3) is 0.350. The van der Waals surface area contributed by atoms with Crippen molar-refractivity contribution < 1.29 is 14.3 Å². The lowest BCUT2D eigenvalue weighted by molar-refractivity contribution is -0.120. The minimum atomic E-state index is -0.424. The molecule has 2 saturated heterocycles. The minimum absolute atomic E-state index is 0.232. The number of para-hydroxylation sites is 1. The molecule has 3 aromatic heterocycles. The molecule has 3 aliphatic rings. The lowest BCUT2D eigenvalue weighted by Crippen LogP contribution is -2.59. The molecule has 0 atom stereocenters. The van der Waals surface area contributed by atoms with Gasteiger partial charge in [0.15, 0.2) is 11.5 Å². The number of ether oxygens (including phenoxy) is 1. The van der Waals surface area contributed by atoms with Gasteiger partial charge in [0.05, 0.1) is 16.9 Å². The average Bonchev–Trinajstić information content (AvgIpc) is 3.73. The van der Waals surface area contributed by atoms with E-state index in [1.807, 2.05) is 67.7 Å². The Labute approximate surface area is 317 Å². The topological polar surface area (TPSA) is 173 Å². The second kappa shape index (κ2) is 14.6. The van der Waals surface area contributed by atoms with Crippen LogP contribution in [0.2, 0.25) is 0 Å². The molecule has 15 nitrogen and oxygen atoms in total. The Morgan fingerprint density at radius 2 is 1.62 bits per heavy atom. The molecule has 0 radical (unpaired) electrons. The number of benzene rings is 3. The maximum absolute atomic E-state index is 12.4. The second-order valence-corrected chi connectivity index (χ2v) is 14.6. The van der Waals surface area contributed by atoms with Gasteiger partial charge in [-0.15, -0.1) is 0 Å². The largest absolute Gasteiger partial charge is 0.457 e. The first-order chi connectivity index (χ1) is 26.9. The van der Waals surface area contributed by atoms with Crippen LogP contribution >= 0.6 is 0 Å². The Hall–Kier alpha value is -6.06. The van der Waals surface area contributed by atoms with Crippen molar-refractivity contribution in [1.82, 2.24) is 45.5 Å². The fourth-order valence-corrected chi connectivity index (χ4v) is 8.04. The van der Waals surface area contributed by atoms with Crippen LogP contribution in [-0.4, -0.2) is 86.3 Å². The number of anilines is 3. The summed E-state index contributed by atoms with van der Waals surface area (Å²) in [6.07, 6.45) is 5.91. The summed E-state index contributed by atoms with van der Waals surface area (Å²) in [6, 6.07) is 24.6. The number of imide groups is 1. The zero-order chi connectivity index (χ0) is 37.5. The van der Waals surface area contributed by atoms with Crippen LogP contribution in [0.15, 0.2) is 79.1 Å². The predicted molar refractivity (Wildman–Crippen MR) is 211 cm³/mol. The van der Waals surface area contributed by atoms with E-state index in [9.17, 15) is 9.59 Å². The van der Waals surface area contributed by atoms with E-state index in [0.29, 0.717) is 30.3 Å². The van der Waals surface area contributed by atoms with E-state index in [2.05, 4.69) is 52.7 Å². The average molecular weight is 741 g/mol. The second-order valence-electron chi connectivity index (χ2n) is 14.6. The van der Waals surface area contributed by atoms with Crippen molar-refractivity contribution in [3.63, 3.8) is 0 Å². The summed E-state index contributed by atoms with van der Waals surface area (Å²) < 4.78 is 9.86. The Morgan fingerprint density at radius 3 is 2.38 bits per heavy atom. The van der Waals surface area contributed by atoms with Crippen molar-refractivity contribution in [3.8, 4) is 22.8 Å². The lowest BCUT2D eigenvalue weighted by Gasteiger charge is -2.41. The van der Waals surface area contributed by atoms with Gasteiger partial charge >= 0.3 is 6.03 Å². The van der Waals surface area contributed by atoms with Crippen LogP contribution in [0.3, 0.4) is 0 Å². The van der Waals surface area contributed by atoms with Crippen LogP contribution in [0, 0.1) is 0 Å². The molecule has 3 amide bonds. The van der Waals surface area contributed by atoms with Gasteiger partial charge in [0.2, 0.25) is 5.91 Å². The number of carbonyl (C=O) groups excluding carboxylic acids is 2. The summed E-state index contributed by atoms with van der Waals surface area (Å²) in [5, 5.41) is 21.3. The molecule has 6 aromatic rings. The molecule has 3 aromatic carbocycles. The van der Waals surface area contributed by atoms with Gasteiger partial charge in [0.1, 0.15) is 29.3 Å². The van der Waals surface area contributed by atoms with E-state index in [0.717, 1.165) is 102 Å². The van der Waals surface area contributed by atoms with Gasteiger partial charge < -0.3 is 26.0 Å². The number of aromatic nitrogens is 6. The van der Waals surface area contributed by atoms with Gasteiger partial charge in [-0.25, -0.2) is 19.4 Å². The van der Waals surface area contributed by atoms with Crippen LogP contribution in [0.1, 0.15) is 38.1 Å². The molecule has 3 fully saturated rings. The molecule has 15 heteroatoms. The molecule has 5 N–H and O–H groups in total. The van der Waals surface area contributed by atoms with Gasteiger partial charge in [0.25, 0.3) is 0 Å². The van der Waals surface area contributed by atoms with E-state index in [4.69, 9.17) is 15.6 Å². The predicted octanol–water partition coefficient (Wildman–Crippen LogP) is 4.75. The van der Waals surface area contributed by atoms with Gasteiger partial charge in [-0.05, 0) is 80.3 Å². The zero-order valence-corrected chi connectivity index (χ0v) is 30.7. The number of nitrogens with one attached hydrogen (secondary N) is 3. The highest BCUT2D eigenvalue weighted by molar-refractivity contribution is 6.09. The Kier molecular flexibility index (Phi) is 9.23. The Morgan fingerprint density at radius 1 is 0.873 bits per heavy atom. The summed E-state index contributed by atoms with van der Waals surface area (Å²) in [7, 11) is 1.88. The monoisotopic (exact) mass is 740 g/mol. The number of nitrogen functional groups attached to an aromatic ring is 1. The van der Waals surface area contributed by atoms with Crippen molar-refractivity contribution in [2.24, 2.45) is 7.05 Å². The molecular weight excluding hydrogens is 697 g/mol. The summed E-state index contributed by atoms with van der Waals surface area (Å²) in [5.74, 6) is 2.29. The number of rotatable bonds is 11. The van der Waals surface area contributed by atoms with Crippen LogP contribution in [0.25, 0.3) is 33.2 Å². The van der Waals surface area contributed by atoms with Gasteiger partial charge in [-0.3, -0.25) is 19.7 Å². The van der Waals surface area contributed by atoms with E-state index in [-0.39, 0.29) is 18.4 Å². The molecule has 1 aliphatic carbocycles. The number of aryl methyl sites for hydroxylation is 1. The van der Waals surface area contributed by atoms with Gasteiger partial charge in [-0.2, -0.15) is 10.2 Å².